The molecular weight excluding hydrogens is 263 g/mol. The van der Waals surface area contributed by atoms with Gasteiger partial charge in [0, 0.05) is 25.2 Å². The maximum Gasteiger partial charge on any atom is 0.0180 e. The minimum atomic E-state index is 0.788. The van der Waals surface area contributed by atoms with Crippen LogP contribution in [0.25, 0.3) is 0 Å². The highest BCUT2D eigenvalue weighted by molar-refractivity contribution is 7.13. The summed E-state index contributed by atoms with van der Waals surface area (Å²) in [7, 11) is 2.77. The molecule has 20 heavy (non-hydrogen) atoms. The summed E-state index contributed by atoms with van der Waals surface area (Å²) in [4.78, 5) is 2.89. The lowest BCUT2D eigenvalue weighted by Gasteiger charge is -2.42. The van der Waals surface area contributed by atoms with E-state index in [9.17, 15) is 0 Å². The Balaban J connectivity index is 1.57. The highest BCUT2D eigenvalue weighted by Gasteiger charge is 2.42. The van der Waals surface area contributed by atoms with Gasteiger partial charge in [-0.25, -0.2) is 0 Å². The SMILES string of the molecule is PNC1[C@@H]2CC[C@H]1CN(C1CCCCCCCCC1)C2. The van der Waals surface area contributed by atoms with E-state index in [4.69, 9.17) is 0 Å². The second-order valence-electron chi connectivity index (χ2n) is 7.45. The van der Waals surface area contributed by atoms with Crippen molar-refractivity contribution in [3.8, 4) is 0 Å². The second-order valence-corrected chi connectivity index (χ2v) is 7.78. The van der Waals surface area contributed by atoms with E-state index in [0.29, 0.717) is 0 Å². The standard InChI is InChI=1S/C17H33N2P/c20-18-17-14-10-11-15(17)13-19(12-14)16-8-6-4-2-1-3-5-7-9-16/h14-18H,1-13,20H2/t14-,15+,17?. The first-order valence-electron chi connectivity index (χ1n) is 9.08. The van der Waals surface area contributed by atoms with Gasteiger partial charge in [-0.05, 0) is 37.5 Å². The molecule has 2 unspecified atom stereocenters. The van der Waals surface area contributed by atoms with Crippen LogP contribution in [0.2, 0.25) is 0 Å². The third-order valence-electron chi connectivity index (χ3n) is 6.15. The first-order chi connectivity index (χ1) is 9.88. The molecule has 0 amide bonds. The number of piperidine rings is 1. The lowest BCUT2D eigenvalue weighted by atomic mass is 9.89. The van der Waals surface area contributed by atoms with E-state index in [-0.39, 0.29) is 0 Å². The molecule has 0 radical (unpaired) electrons. The number of likely N-dealkylation sites (tertiary alicyclic amines) is 1. The molecule has 3 fully saturated rings. The summed E-state index contributed by atoms with van der Waals surface area (Å²) < 4.78 is 0. The quantitative estimate of drug-likeness (QED) is 0.776. The number of rotatable bonds is 2. The van der Waals surface area contributed by atoms with Gasteiger partial charge in [-0.2, -0.15) is 0 Å². The summed E-state index contributed by atoms with van der Waals surface area (Å²) in [5.41, 5.74) is 0. The minimum absolute atomic E-state index is 0.788. The predicted octanol–water partition coefficient (Wildman–Crippen LogP) is 3.97. The van der Waals surface area contributed by atoms with E-state index in [1.807, 2.05) is 0 Å². The largest absolute Gasteiger partial charge is 0.300 e. The van der Waals surface area contributed by atoms with Crippen LogP contribution in [0.15, 0.2) is 0 Å². The minimum Gasteiger partial charge on any atom is -0.300 e. The van der Waals surface area contributed by atoms with Crippen LogP contribution in [-0.2, 0) is 0 Å². The number of nitrogens with zero attached hydrogens (tertiary/aromatic N) is 1. The zero-order chi connectivity index (χ0) is 13.8. The lowest BCUT2D eigenvalue weighted by molar-refractivity contribution is 0.0843. The third kappa shape index (κ3) is 3.57. The Morgan fingerprint density at radius 1 is 0.700 bits per heavy atom. The Labute approximate surface area is 127 Å². The molecule has 4 atom stereocenters. The maximum absolute atomic E-state index is 3.52. The molecule has 3 aliphatic rings. The van der Waals surface area contributed by atoms with Crippen LogP contribution in [0.1, 0.15) is 70.6 Å². The van der Waals surface area contributed by atoms with E-state index in [1.54, 1.807) is 0 Å². The number of fused-ring (bicyclic) bond motifs is 2. The van der Waals surface area contributed by atoms with Gasteiger partial charge in [-0.1, -0.05) is 54.3 Å². The fourth-order valence-electron chi connectivity index (χ4n) is 4.98. The van der Waals surface area contributed by atoms with Gasteiger partial charge in [0.05, 0.1) is 0 Å². The fraction of sp³-hybridized carbons (Fsp3) is 1.00. The van der Waals surface area contributed by atoms with Crippen LogP contribution in [-0.4, -0.2) is 30.1 Å². The zero-order valence-corrected chi connectivity index (χ0v) is 14.2. The lowest BCUT2D eigenvalue weighted by Crippen LogP contribution is -2.52. The van der Waals surface area contributed by atoms with Crippen molar-refractivity contribution in [1.82, 2.24) is 9.99 Å². The molecule has 0 aromatic heterocycles. The molecule has 1 N–H and O–H groups in total. The van der Waals surface area contributed by atoms with Crippen LogP contribution in [0.4, 0.5) is 0 Å². The Kier molecular flexibility index (Phi) is 5.77. The zero-order valence-electron chi connectivity index (χ0n) is 13.0. The third-order valence-corrected chi connectivity index (χ3v) is 6.53. The Bertz CT molecular complexity index is 273. The van der Waals surface area contributed by atoms with Gasteiger partial charge in [0.2, 0.25) is 0 Å². The van der Waals surface area contributed by atoms with E-state index >= 15 is 0 Å². The summed E-state index contributed by atoms with van der Waals surface area (Å²) in [6, 6.07) is 1.69. The summed E-state index contributed by atoms with van der Waals surface area (Å²) in [6.07, 6.45) is 16.2. The van der Waals surface area contributed by atoms with Crippen molar-refractivity contribution in [2.75, 3.05) is 13.1 Å². The fourth-order valence-corrected chi connectivity index (χ4v) is 5.53. The average molecular weight is 296 g/mol. The smallest absolute Gasteiger partial charge is 0.0180 e. The molecule has 3 heteroatoms. The molecule has 1 heterocycles. The molecule has 0 spiro atoms. The number of hydrogen-bond acceptors (Lipinski definition) is 2. The van der Waals surface area contributed by atoms with Crippen molar-refractivity contribution in [2.24, 2.45) is 11.8 Å². The summed E-state index contributed by atoms with van der Waals surface area (Å²) in [5, 5.41) is 3.52. The van der Waals surface area contributed by atoms with Crippen molar-refractivity contribution < 1.29 is 0 Å². The van der Waals surface area contributed by atoms with E-state index < -0.39 is 0 Å². The van der Waals surface area contributed by atoms with Crippen LogP contribution in [0.5, 0.6) is 0 Å². The Morgan fingerprint density at radius 3 is 1.70 bits per heavy atom. The Morgan fingerprint density at radius 2 is 1.20 bits per heavy atom. The van der Waals surface area contributed by atoms with Gasteiger partial charge in [0.25, 0.3) is 0 Å². The molecule has 3 rings (SSSR count). The molecule has 1 saturated heterocycles. The summed E-state index contributed by atoms with van der Waals surface area (Å²) in [6.45, 7) is 2.74. The van der Waals surface area contributed by atoms with Crippen LogP contribution in [0.3, 0.4) is 0 Å². The normalized spacial score (nSPS) is 38.0. The maximum atomic E-state index is 3.52. The monoisotopic (exact) mass is 296 g/mol. The molecular formula is C17H33N2P. The first kappa shape index (κ1) is 15.3. The average Bonchev–Trinajstić information content (AvgIpc) is 2.73. The van der Waals surface area contributed by atoms with Crippen molar-refractivity contribution in [2.45, 2.75) is 82.7 Å². The highest BCUT2D eigenvalue weighted by atomic mass is 31.0. The molecule has 2 aliphatic carbocycles. The van der Waals surface area contributed by atoms with Crippen LogP contribution >= 0.6 is 9.39 Å². The van der Waals surface area contributed by atoms with Gasteiger partial charge < -0.3 is 0 Å². The van der Waals surface area contributed by atoms with E-state index in [1.165, 1.54) is 83.7 Å². The summed E-state index contributed by atoms with van der Waals surface area (Å²) >= 11 is 0. The number of nitrogens with one attached hydrogen (secondary N) is 1. The van der Waals surface area contributed by atoms with E-state index in [2.05, 4.69) is 19.4 Å². The van der Waals surface area contributed by atoms with Crippen molar-refractivity contribution in [3.05, 3.63) is 0 Å². The molecule has 2 nitrogen and oxygen atoms in total. The molecule has 0 aromatic rings. The van der Waals surface area contributed by atoms with Crippen molar-refractivity contribution in [3.63, 3.8) is 0 Å². The number of hydrogen-bond donors (Lipinski definition) is 1. The molecule has 0 aromatic carbocycles. The van der Waals surface area contributed by atoms with Crippen LogP contribution < -0.4 is 5.09 Å². The molecule has 1 aliphatic heterocycles. The predicted molar refractivity (Wildman–Crippen MR) is 89.8 cm³/mol. The highest BCUT2D eigenvalue weighted by Crippen LogP contribution is 2.39. The summed E-state index contributed by atoms with van der Waals surface area (Å²) in [5.74, 6) is 1.84. The molecule has 2 bridgehead atoms. The van der Waals surface area contributed by atoms with Crippen molar-refractivity contribution >= 4 is 9.39 Å². The van der Waals surface area contributed by atoms with Gasteiger partial charge in [0.1, 0.15) is 0 Å². The van der Waals surface area contributed by atoms with Gasteiger partial charge in [-0.3, -0.25) is 9.99 Å². The first-order valence-corrected chi connectivity index (χ1v) is 9.66. The van der Waals surface area contributed by atoms with E-state index in [0.717, 1.165) is 23.9 Å². The molecule has 2 saturated carbocycles. The molecule has 116 valence electrons. The van der Waals surface area contributed by atoms with Gasteiger partial charge >= 0.3 is 0 Å². The topological polar surface area (TPSA) is 15.3 Å². The Hall–Kier alpha value is 0.350. The van der Waals surface area contributed by atoms with Crippen molar-refractivity contribution in [1.29, 1.82) is 0 Å². The van der Waals surface area contributed by atoms with Gasteiger partial charge in [0.15, 0.2) is 0 Å². The van der Waals surface area contributed by atoms with Gasteiger partial charge in [-0.15, -0.1) is 0 Å². The second kappa shape index (κ2) is 7.56. The van der Waals surface area contributed by atoms with Crippen LogP contribution in [0, 0.1) is 11.8 Å².